The molecule has 152 valence electrons. The molecule has 6 heteroatoms. The van der Waals surface area contributed by atoms with Crippen molar-refractivity contribution < 1.29 is 9.59 Å². The fourth-order valence-corrected chi connectivity index (χ4v) is 4.62. The van der Waals surface area contributed by atoms with Gasteiger partial charge in [0.05, 0.1) is 5.57 Å². The van der Waals surface area contributed by atoms with Crippen LogP contribution in [0.4, 0.5) is 5.69 Å². The summed E-state index contributed by atoms with van der Waals surface area (Å²) >= 11 is 0. The van der Waals surface area contributed by atoms with Crippen molar-refractivity contribution in [1.82, 2.24) is 15.2 Å². The third-order valence-electron chi connectivity index (χ3n) is 5.91. The molecule has 0 bridgehead atoms. The number of anilines is 1. The summed E-state index contributed by atoms with van der Waals surface area (Å²) in [6, 6.07) is 17.6. The van der Waals surface area contributed by atoms with Gasteiger partial charge in [0.15, 0.2) is 0 Å². The molecule has 0 fully saturated rings. The number of imide groups is 1. The van der Waals surface area contributed by atoms with Crippen molar-refractivity contribution in [2.45, 2.75) is 19.9 Å². The summed E-state index contributed by atoms with van der Waals surface area (Å²) in [4.78, 5) is 25.6. The van der Waals surface area contributed by atoms with Crippen LogP contribution in [0.15, 0.2) is 60.3 Å². The van der Waals surface area contributed by atoms with E-state index in [1.165, 1.54) is 0 Å². The first kappa shape index (κ1) is 18.6. The van der Waals surface area contributed by atoms with Crippen molar-refractivity contribution in [2.24, 2.45) is 5.92 Å². The van der Waals surface area contributed by atoms with Crippen LogP contribution in [0.25, 0.3) is 16.5 Å². The number of carbonyl (C=O) groups excluding carboxylic acids is 2. The molecule has 3 heterocycles. The molecule has 1 atom stereocenters. The van der Waals surface area contributed by atoms with Crippen LogP contribution < -0.4 is 16.0 Å². The van der Waals surface area contributed by atoms with Gasteiger partial charge in [-0.05, 0) is 37.1 Å². The molecule has 2 amide bonds. The van der Waals surface area contributed by atoms with Gasteiger partial charge >= 0.3 is 0 Å². The number of aromatic nitrogens is 1. The van der Waals surface area contributed by atoms with Gasteiger partial charge in [-0.25, -0.2) is 0 Å². The fourth-order valence-electron chi connectivity index (χ4n) is 4.62. The zero-order valence-corrected chi connectivity index (χ0v) is 16.9. The SMILES string of the molecule is CCNC[C@H]1Cc2c(C3=C(Nc4ccccc4)C(=O)NC3=O)c3ccccc3n2C1. The molecule has 3 aromatic rings. The molecule has 0 aliphatic carbocycles. The van der Waals surface area contributed by atoms with E-state index in [-0.39, 0.29) is 11.8 Å². The quantitative estimate of drug-likeness (QED) is 0.556. The van der Waals surface area contributed by atoms with Crippen LogP contribution in [0.3, 0.4) is 0 Å². The van der Waals surface area contributed by atoms with E-state index >= 15 is 0 Å². The first-order valence-electron chi connectivity index (χ1n) is 10.4. The molecule has 3 N–H and O–H groups in total. The second-order valence-corrected chi connectivity index (χ2v) is 7.85. The molecule has 2 aliphatic rings. The Kier molecular flexibility index (Phi) is 4.64. The van der Waals surface area contributed by atoms with Gasteiger partial charge in [0.2, 0.25) is 0 Å². The van der Waals surface area contributed by atoms with E-state index in [4.69, 9.17) is 0 Å². The number of benzene rings is 2. The zero-order chi connectivity index (χ0) is 20.7. The van der Waals surface area contributed by atoms with Crippen molar-refractivity contribution in [3.8, 4) is 0 Å². The molecule has 5 rings (SSSR count). The summed E-state index contributed by atoms with van der Waals surface area (Å²) in [5, 5.41) is 10.1. The summed E-state index contributed by atoms with van der Waals surface area (Å²) in [6.45, 7) is 4.89. The molecule has 2 aliphatic heterocycles. The summed E-state index contributed by atoms with van der Waals surface area (Å²) in [5.74, 6) is -0.257. The van der Waals surface area contributed by atoms with Gasteiger partial charge in [-0.3, -0.25) is 14.9 Å². The molecule has 30 heavy (non-hydrogen) atoms. The van der Waals surface area contributed by atoms with E-state index in [1.807, 2.05) is 48.5 Å². The van der Waals surface area contributed by atoms with Crippen LogP contribution in [0.5, 0.6) is 0 Å². The Morgan fingerprint density at radius 3 is 2.60 bits per heavy atom. The van der Waals surface area contributed by atoms with Crippen LogP contribution in [-0.4, -0.2) is 29.5 Å². The van der Waals surface area contributed by atoms with Crippen LogP contribution >= 0.6 is 0 Å². The molecule has 0 unspecified atom stereocenters. The minimum Gasteiger partial charge on any atom is -0.350 e. The number of fused-ring (bicyclic) bond motifs is 3. The normalized spacial score (nSPS) is 18.2. The second-order valence-electron chi connectivity index (χ2n) is 7.85. The summed E-state index contributed by atoms with van der Waals surface area (Å²) in [5.41, 5.74) is 4.66. The van der Waals surface area contributed by atoms with Gasteiger partial charge in [-0.15, -0.1) is 0 Å². The van der Waals surface area contributed by atoms with E-state index in [2.05, 4.69) is 33.5 Å². The number of hydrogen-bond acceptors (Lipinski definition) is 4. The molecule has 0 spiro atoms. The highest BCUT2D eigenvalue weighted by Crippen LogP contribution is 2.40. The molecule has 1 aromatic heterocycles. The minimum atomic E-state index is -0.384. The highest BCUT2D eigenvalue weighted by atomic mass is 16.2. The van der Waals surface area contributed by atoms with Crippen molar-refractivity contribution in [3.05, 3.63) is 71.6 Å². The Labute approximate surface area is 175 Å². The van der Waals surface area contributed by atoms with E-state index in [9.17, 15) is 9.59 Å². The highest BCUT2D eigenvalue weighted by molar-refractivity contribution is 6.38. The van der Waals surface area contributed by atoms with Crippen LogP contribution in [0, 0.1) is 5.92 Å². The van der Waals surface area contributed by atoms with Crippen molar-refractivity contribution in [3.63, 3.8) is 0 Å². The van der Waals surface area contributed by atoms with E-state index in [0.717, 1.165) is 53.9 Å². The average Bonchev–Trinajstić information content (AvgIpc) is 3.38. The van der Waals surface area contributed by atoms with Gasteiger partial charge in [0.1, 0.15) is 5.70 Å². The Morgan fingerprint density at radius 1 is 1.03 bits per heavy atom. The Morgan fingerprint density at radius 2 is 1.80 bits per heavy atom. The number of amides is 2. The third kappa shape index (κ3) is 3.00. The maximum atomic E-state index is 12.9. The van der Waals surface area contributed by atoms with Crippen LogP contribution in [-0.2, 0) is 22.6 Å². The average molecular weight is 400 g/mol. The second kappa shape index (κ2) is 7.46. The number of para-hydroxylation sites is 2. The molecule has 2 aromatic carbocycles. The van der Waals surface area contributed by atoms with Crippen LogP contribution in [0.2, 0.25) is 0 Å². The van der Waals surface area contributed by atoms with Gasteiger partial charge in [0, 0.05) is 40.9 Å². The first-order valence-corrected chi connectivity index (χ1v) is 10.4. The zero-order valence-electron chi connectivity index (χ0n) is 16.9. The Hall–Kier alpha value is -3.38. The monoisotopic (exact) mass is 400 g/mol. The molecular weight excluding hydrogens is 376 g/mol. The van der Waals surface area contributed by atoms with Crippen molar-refractivity contribution in [1.29, 1.82) is 0 Å². The van der Waals surface area contributed by atoms with Crippen molar-refractivity contribution >= 4 is 34.0 Å². The minimum absolute atomic E-state index is 0.320. The Balaban J connectivity index is 1.66. The lowest BCUT2D eigenvalue weighted by molar-refractivity contribution is -0.123. The van der Waals surface area contributed by atoms with E-state index in [0.29, 0.717) is 17.2 Å². The predicted octanol–water partition coefficient (Wildman–Crippen LogP) is 2.90. The number of nitrogens with one attached hydrogen (secondary N) is 3. The number of nitrogens with zero attached hydrogens (tertiary/aromatic N) is 1. The number of hydrogen-bond donors (Lipinski definition) is 3. The summed E-state index contributed by atoms with van der Waals surface area (Å²) in [6.07, 6.45) is 0.876. The molecule has 0 saturated carbocycles. The lowest BCUT2D eigenvalue weighted by Crippen LogP contribution is -2.24. The van der Waals surface area contributed by atoms with E-state index in [1.54, 1.807) is 0 Å². The highest BCUT2D eigenvalue weighted by Gasteiger charge is 2.37. The summed E-state index contributed by atoms with van der Waals surface area (Å²) < 4.78 is 2.32. The van der Waals surface area contributed by atoms with Gasteiger partial charge < -0.3 is 15.2 Å². The molecule has 6 nitrogen and oxygen atoms in total. The van der Waals surface area contributed by atoms with Gasteiger partial charge in [-0.2, -0.15) is 0 Å². The Bertz CT molecular complexity index is 1180. The predicted molar refractivity (Wildman–Crippen MR) is 118 cm³/mol. The third-order valence-corrected chi connectivity index (χ3v) is 5.91. The number of carbonyl (C=O) groups is 2. The smallest absolute Gasteiger partial charge is 0.275 e. The van der Waals surface area contributed by atoms with Crippen LogP contribution in [0.1, 0.15) is 18.2 Å². The molecule has 0 saturated heterocycles. The fraction of sp³-hybridized carbons (Fsp3) is 0.250. The lowest BCUT2D eigenvalue weighted by atomic mass is 9.96. The first-order chi connectivity index (χ1) is 14.7. The standard InChI is InChI=1S/C24H24N4O2/c1-2-25-13-15-12-19-20(17-10-6-7-11-18(17)28(19)14-15)21-22(24(30)27-23(21)29)26-16-8-4-3-5-9-16/h3-11,15,25H,2,12-14H2,1H3,(H2,26,27,29,30)/t15-/m1/s1. The topological polar surface area (TPSA) is 75.2 Å². The molecular formula is C24H24N4O2. The maximum absolute atomic E-state index is 12.9. The van der Waals surface area contributed by atoms with Gasteiger partial charge in [-0.1, -0.05) is 43.3 Å². The van der Waals surface area contributed by atoms with Crippen molar-refractivity contribution in [2.75, 3.05) is 18.4 Å². The van der Waals surface area contributed by atoms with E-state index < -0.39 is 0 Å². The largest absolute Gasteiger partial charge is 0.350 e. The molecule has 0 radical (unpaired) electrons. The summed E-state index contributed by atoms with van der Waals surface area (Å²) in [7, 11) is 0. The lowest BCUT2D eigenvalue weighted by Gasteiger charge is -2.11. The number of rotatable bonds is 6. The maximum Gasteiger partial charge on any atom is 0.275 e. The van der Waals surface area contributed by atoms with Gasteiger partial charge in [0.25, 0.3) is 11.8 Å².